The van der Waals surface area contributed by atoms with E-state index in [2.05, 4.69) is 25.3 Å². The Bertz CT molecular complexity index is 469. The van der Waals surface area contributed by atoms with Gasteiger partial charge in [0.05, 0.1) is 12.5 Å². The number of hydrogen-bond acceptors (Lipinski definition) is 3. The summed E-state index contributed by atoms with van der Waals surface area (Å²) in [5, 5.41) is 2.07. The van der Waals surface area contributed by atoms with Crippen molar-refractivity contribution in [3.63, 3.8) is 0 Å². The number of nitrogens with two attached hydrogens (primary N) is 1. The molecular formula is C16H24N2OS. The summed E-state index contributed by atoms with van der Waals surface area (Å²) in [5.41, 5.74) is 6.33. The average molecular weight is 292 g/mol. The van der Waals surface area contributed by atoms with Crippen molar-refractivity contribution in [2.45, 2.75) is 51.7 Å². The van der Waals surface area contributed by atoms with Gasteiger partial charge in [-0.1, -0.05) is 6.07 Å². The Kier molecular flexibility index (Phi) is 3.87. The highest BCUT2D eigenvalue weighted by atomic mass is 32.1. The SMILES string of the molecule is CC(C)N(Cc1cccs1)C(=O)C1C2CCC(C2)C1N. The fourth-order valence-corrected chi connectivity index (χ4v) is 4.68. The molecule has 4 atom stereocenters. The van der Waals surface area contributed by atoms with Crippen LogP contribution in [0.1, 0.15) is 38.0 Å². The molecule has 0 spiro atoms. The minimum Gasteiger partial charge on any atom is -0.335 e. The Labute approximate surface area is 125 Å². The maximum atomic E-state index is 13.0. The molecule has 0 saturated heterocycles. The molecule has 1 aromatic rings. The van der Waals surface area contributed by atoms with Crippen LogP contribution < -0.4 is 5.73 Å². The van der Waals surface area contributed by atoms with E-state index in [1.807, 2.05) is 11.0 Å². The summed E-state index contributed by atoms with van der Waals surface area (Å²) in [4.78, 5) is 16.2. The van der Waals surface area contributed by atoms with Crippen LogP contribution in [0.25, 0.3) is 0 Å². The third kappa shape index (κ3) is 2.40. The molecule has 1 heterocycles. The van der Waals surface area contributed by atoms with Crippen molar-refractivity contribution in [2.24, 2.45) is 23.5 Å². The molecule has 110 valence electrons. The van der Waals surface area contributed by atoms with Crippen molar-refractivity contribution in [2.75, 3.05) is 0 Å². The second-order valence-electron chi connectivity index (χ2n) is 6.58. The highest BCUT2D eigenvalue weighted by molar-refractivity contribution is 7.09. The molecule has 2 aliphatic carbocycles. The molecule has 3 rings (SSSR count). The molecule has 1 aromatic heterocycles. The number of thiophene rings is 1. The zero-order chi connectivity index (χ0) is 14.3. The van der Waals surface area contributed by atoms with Gasteiger partial charge in [0, 0.05) is 17.0 Å². The molecule has 2 N–H and O–H groups in total. The maximum Gasteiger partial charge on any atom is 0.228 e. The molecule has 3 nitrogen and oxygen atoms in total. The molecule has 2 saturated carbocycles. The quantitative estimate of drug-likeness (QED) is 0.927. The molecule has 4 unspecified atom stereocenters. The predicted octanol–water partition coefficient (Wildman–Crippen LogP) is 2.86. The summed E-state index contributed by atoms with van der Waals surface area (Å²) < 4.78 is 0. The molecule has 1 amide bonds. The minimum absolute atomic E-state index is 0.0658. The second-order valence-corrected chi connectivity index (χ2v) is 7.61. The summed E-state index contributed by atoms with van der Waals surface area (Å²) in [6.45, 7) is 4.93. The van der Waals surface area contributed by atoms with Gasteiger partial charge in [0.15, 0.2) is 0 Å². The summed E-state index contributed by atoms with van der Waals surface area (Å²) in [7, 11) is 0. The Morgan fingerprint density at radius 3 is 2.75 bits per heavy atom. The van der Waals surface area contributed by atoms with E-state index in [-0.39, 0.29) is 23.9 Å². The lowest BCUT2D eigenvalue weighted by Crippen LogP contribution is -2.48. The zero-order valence-corrected chi connectivity index (χ0v) is 13.1. The number of hydrogen-bond donors (Lipinski definition) is 1. The van der Waals surface area contributed by atoms with Crippen LogP contribution in [0.4, 0.5) is 0 Å². The van der Waals surface area contributed by atoms with Gasteiger partial charge >= 0.3 is 0 Å². The van der Waals surface area contributed by atoms with E-state index >= 15 is 0 Å². The molecule has 2 aliphatic rings. The van der Waals surface area contributed by atoms with Gasteiger partial charge in [-0.3, -0.25) is 4.79 Å². The molecule has 4 heteroatoms. The van der Waals surface area contributed by atoms with E-state index in [9.17, 15) is 4.79 Å². The van der Waals surface area contributed by atoms with Gasteiger partial charge in [0.1, 0.15) is 0 Å². The normalized spacial score (nSPS) is 32.0. The van der Waals surface area contributed by atoms with Crippen molar-refractivity contribution < 1.29 is 4.79 Å². The summed E-state index contributed by atoms with van der Waals surface area (Å²) in [5.74, 6) is 1.47. The third-order valence-electron chi connectivity index (χ3n) is 5.08. The first-order valence-electron chi connectivity index (χ1n) is 7.66. The van der Waals surface area contributed by atoms with E-state index in [4.69, 9.17) is 5.73 Å². The molecule has 2 fully saturated rings. The highest BCUT2D eigenvalue weighted by Gasteiger charge is 2.50. The van der Waals surface area contributed by atoms with Crippen LogP contribution in [-0.2, 0) is 11.3 Å². The van der Waals surface area contributed by atoms with Gasteiger partial charge in [-0.25, -0.2) is 0 Å². The van der Waals surface area contributed by atoms with E-state index in [1.165, 1.54) is 24.1 Å². The van der Waals surface area contributed by atoms with Gasteiger partial charge in [-0.15, -0.1) is 11.3 Å². The van der Waals surface area contributed by atoms with Gasteiger partial charge in [0.2, 0.25) is 5.91 Å². The molecule has 0 aromatic carbocycles. The van der Waals surface area contributed by atoms with Crippen molar-refractivity contribution in [3.05, 3.63) is 22.4 Å². The van der Waals surface area contributed by atoms with Crippen LogP contribution in [0.2, 0.25) is 0 Å². The van der Waals surface area contributed by atoms with Gasteiger partial charge in [-0.2, -0.15) is 0 Å². The first-order chi connectivity index (χ1) is 9.58. The molecular weight excluding hydrogens is 268 g/mol. The topological polar surface area (TPSA) is 46.3 Å². The lowest BCUT2D eigenvalue weighted by molar-refractivity contribution is -0.140. The van der Waals surface area contributed by atoms with E-state index in [0.29, 0.717) is 11.8 Å². The Balaban J connectivity index is 1.76. The summed E-state index contributed by atoms with van der Waals surface area (Å²) in [6, 6.07) is 4.47. The lowest BCUT2D eigenvalue weighted by Gasteiger charge is -2.34. The number of fused-ring (bicyclic) bond motifs is 2. The summed E-state index contributed by atoms with van der Waals surface area (Å²) in [6.07, 6.45) is 3.59. The van der Waals surface area contributed by atoms with Crippen molar-refractivity contribution in [3.8, 4) is 0 Å². The number of nitrogens with zero attached hydrogens (tertiary/aromatic N) is 1. The van der Waals surface area contributed by atoms with Crippen LogP contribution in [0.3, 0.4) is 0 Å². The van der Waals surface area contributed by atoms with Crippen LogP contribution in [0.5, 0.6) is 0 Å². The van der Waals surface area contributed by atoms with Crippen LogP contribution in [0, 0.1) is 17.8 Å². The van der Waals surface area contributed by atoms with E-state index < -0.39 is 0 Å². The smallest absolute Gasteiger partial charge is 0.228 e. The fraction of sp³-hybridized carbons (Fsp3) is 0.688. The standard InChI is InChI=1S/C16H24N2OS/c1-10(2)18(9-13-4-3-7-20-13)16(19)14-11-5-6-12(8-11)15(14)17/h3-4,7,10-12,14-15H,5-6,8-9,17H2,1-2H3. The average Bonchev–Trinajstić information content (AvgIpc) is 3.11. The van der Waals surface area contributed by atoms with E-state index in [1.54, 1.807) is 11.3 Å². The second kappa shape index (κ2) is 5.49. The first-order valence-corrected chi connectivity index (χ1v) is 8.54. The number of rotatable bonds is 4. The molecule has 2 bridgehead atoms. The Morgan fingerprint density at radius 2 is 2.20 bits per heavy atom. The Morgan fingerprint density at radius 1 is 1.45 bits per heavy atom. The van der Waals surface area contributed by atoms with Crippen LogP contribution >= 0.6 is 11.3 Å². The number of amides is 1. The van der Waals surface area contributed by atoms with Crippen LogP contribution in [-0.4, -0.2) is 22.9 Å². The van der Waals surface area contributed by atoms with Crippen LogP contribution in [0.15, 0.2) is 17.5 Å². The fourth-order valence-electron chi connectivity index (χ4n) is 3.98. The van der Waals surface area contributed by atoms with Crippen molar-refractivity contribution in [1.82, 2.24) is 4.90 Å². The third-order valence-corrected chi connectivity index (χ3v) is 5.94. The highest BCUT2D eigenvalue weighted by Crippen LogP contribution is 2.48. The van der Waals surface area contributed by atoms with Gasteiger partial charge in [0.25, 0.3) is 0 Å². The van der Waals surface area contributed by atoms with Gasteiger partial charge < -0.3 is 10.6 Å². The lowest BCUT2D eigenvalue weighted by atomic mass is 9.83. The monoisotopic (exact) mass is 292 g/mol. The summed E-state index contributed by atoms with van der Waals surface area (Å²) >= 11 is 1.72. The van der Waals surface area contributed by atoms with Crippen molar-refractivity contribution >= 4 is 17.2 Å². The Hall–Kier alpha value is -0.870. The molecule has 0 aliphatic heterocycles. The zero-order valence-electron chi connectivity index (χ0n) is 12.3. The molecule has 0 radical (unpaired) electrons. The van der Waals surface area contributed by atoms with E-state index in [0.717, 1.165) is 6.54 Å². The number of carbonyl (C=O) groups excluding carboxylic acids is 1. The first kappa shape index (κ1) is 14.1. The molecule has 20 heavy (non-hydrogen) atoms. The van der Waals surface area contributed by atoms with Gasteiger partial charge in [-0.05, 0) is 56.4 Å². The largest absolute Gasteiger partial charge is 0.335 e. The maximum absolute atomic E-state index is 13.0. The van der Waals surface area contributed by atoms with Crippen molar-refractivity contribution in [1.29, 1.82) is 0 Å². The minimum atomic E-state index is 0.0658. The number of carbonyl (C=O) groups is 1. The predicted molar refractivity (Wildman–Crippen MR) is 82.3 cm³/mol.